The van der Waals surface area contributed by atoms with Gasteiger partial charge in [0.15, 0.2) is 11.5 Å². The molecule has 0 saturated heterocycles. The zero-order chi connectivity index (χ0) is 18.7. The summed E-state index contributed by atoms with van der Waals surface area (Å²) in [5, 5.41) is 7.73. The van der Waals surface area contributed by atoms with E-state index in [1.54, 1.807) is 13.0 Å². The van der Waals surface area contributed by atoms with Crippen molar-refractivity contribution < 1.29 is 18.4 Å². The Morgan fingerprint density at radius 2 is 1.96 bits per heavy atom. The number of amides is 2. The van der Waals surface area contributed by atoms with Crippen molar-refractivity contribution in [1.82, 2.24) is 10.9 Å². The number of carbonyl (C=O) groups excluding carboxylic acids is 2. The second-order valence-corrected chi connectivity index (χ2v) is 5.67. The maximum atomic E-state index is 12.4. The lowest BCUT2D eigenvalue weighted by atomic mass is 9.93. The first kappa shape index (κ1) is 17.3. The molecule has 0 atom stereocenters. The Labute approximate surface area is 148 Å². The van der Waals surface area contributed by atoms with Crippen LogP contribution in [-0.4, -0.2) is 23.5 Å². The van der Waals surface area contributed by atoms with E-state index < -0.39 is 11.8 Å². The van der Waals surface area contributed by atoms with Crippen LogP contribution in [-0.2, 0) is 6.42 Å². The predicted molar refractivity (Wildman–Crippen MR) is 92.4 cm³/mol. The minimum atomic E-state index is -0.585. The molecular formula is C16H18N6O4. The lowest BCUT2D eigenvalue weighted by molar-refractivity contribution is 0.0815. The summed E-state index contributed by atoms with van der Waals surface area (Å²) in [6.45, 7) is 1.74. The highest BCUT2D eigenvalue weighted by molar-refractivity contribution is 6.06. The number of rotatable bonds is 3. The van der Waals surface area contributed by atoms with E-state index in [0.29, 0.717) is 29.9 Å². The molecule has 2 heterocycles. The zero-order valence-corrected chi connectivity index (χ0v) is 14.0. The highest BCUT2D eigenvalue weighted by atomic mass is 16.4. The summed E-state index contributed by atoms with van der Waals surface area (Å²) in [6.07, 6.45) is 3.50. The number of hydrogen-bond acceptors (Lipinski definition) is 6. The molecule has 2 amide bonds. The van der Waals surface area contributed by atoms with Gasteiger partial charge >= 0.3 is 11.8 Å². The van der Waals surface area contributed by atoms with Crippen LogP contribution in [0.25, 0.3) is 0 Å². The Balaban J connectivity index is 1.79. The molecule has 0 radical (unpaired) electrons. The summed E-state index contributed by atoms with van der Waals surface area (Å²) in [5.41, 5.74) is 17.2. The fourth-order valence-corrected chi connectivity index (χ4v) is 2.74. The molecule has 0 aromatic carbocycles. The second-order valence-electron chi connectivity index (χ2n) is 5.67. The van der Waals surface area contributed by atoms with Crippen molar-refractivity contribution >= 4 is 23.5 Å². The molecular weight excluding hydrogens is 340 g/mol. The Morgan fingerprint density at radius 1 is 1.19 bits per heavy atom. The first-order chi connectivity index (χ1) is 12.5. The van der Waals surface area contributed by atoms with Gasteiger partial charge in [0.25, 0.3) is 0 Å². The molecule has 2 aromatic rings. The lowest BCUT2D eigenvalue weighted by Crippen LogP contribution is -2.41. The number of fused-ring (bicyclic) bond motifs is 1. The van der Waals surface area contributed by atoms with Crippen LogP contribution in [0.5, 0.6) is 0 Å². The van der Waals surface area contributed by atoms with Gasteiger partial charge in [0.1, 0.15) is 5.76 Å². The van der Waals surface area contributed by atoms with E-state index in [1.165, 1.54) is 12.3 Å². The number of nitrogens with zero attached hydrogens (tertiary/aromatic N) is 2. The van der Waals surface area contributed by atoms with Gasteiger partial charge in [-0.25, -0.2) is 0 Å². The van der Waals surface area contributed by atoms with Gasteiger partial charge in [0.2, 0.25) is 5.96 Å². The maximum Gasteiger partial charge on any atom is 0.305 e. The van der Waals surface area contributed by atoms with Gasteiger partial charge in [-0.1, -0.05) is 0 Å². The molecule has 26 heavy (non-hydrogen) atoms. The summed E-state index contributed by atoms with van der Waals surface area (Å²) in [5.74, 6) is -0.503. The van der Waals surface area contributed by atoms with Crippen LogP contribution in [0.15, 0.2) is 37.4 Å². The van der Waals surface area contributed by atoms with Gasteiger partial charge in [-0.2, -0.15) is 5.10 Å². The number of aryl methyl sites for hydroxylation is 1. The molecule has 1 aliphatic rings. The molecule has 2 aromatic heterocycles. The van der Waals surface area contributed by atoms with Crippen molar-refractivity contribution in [3.8, 4) is 0 Å². The van der Waals surface area contributed by atoms with Gasteiger partial charge in [0.05, 0.1) is 12.0 Å². The Kier molecular flexibility index (Phi) is 4.74. The number of hydrogen-bond donors (Lipinski definition) is 4. The number of carbonyl (C=O) groups is 2. The zero-order valence-electron chi connectivity index (χ0n) is 14.0. The predicted octanol–water partition coefficient (Wildman–Crippen LogP) is 0.570. The van der Waals surface area contributed by atoms with Gasteiger partial charge in [-0.3, -0.25) is 20.4 Å². The first-order valence-electron chi connectivity index (χ1n) is 7.89. The molecule has 0 fully saturated rings. The molecule has 1 aliphatic carbocycles. The molecule has 0 aliphatic heterocycles. The fraction of sp³-hybridized carbons (Fsp3) is 0.250. The number of nitrogens with one attached hydrogen (secondary N) is 2. The number of furan rings is 2. The minimum Gasteiger partial charge on any atom is -0.459 e. The standard InChI is InChI=1S/C16H18N6O4/c1-8-12-9(19-22-16(17)18)4-2-5-10(12)26-13(8)15(24)21-20-14(23)11-6-3-7-25-11/h3,6-7H,2,4-5H2,1H3,(H,20,23)(H,21,24)(H4,17,18,22)/b19-9+. The van der Waals surface area contributed by atoms with Crippen molar-refractivity contribution in [3.05, 3.63) is 46.8 Å². The molecule has 3 rings (SSSR count). The average molecular weight is 358 g/mol. The monoisotopic (exact) mass is 358 g/mol. The van der Waals surface area contributed by atoms with Crippen molar-refractivity contribution in [2.45, 2.75) is 26.2 Å². The Bertz CT molecular complexity index is 890. The van der Waals surface area contributed by atoms with Crippen LogP contribution in [0.3, 0.4) is 0 Å². The highest BCUT2D eigenvalue weighted by Gasteiger charge is 2.28. The van der Waals surface area contributed by atoms with Crippen molar-refractivity contribution in [1.29, 1.82) is 0 Å². The Morgan fingerprint density at radius 3 is 2.65 bits per heavy atom. The molecule has 10 heteroatoms. The number of nitrogens with two attached hydrogens (primary N) is 2. The smallest absolute Gasteiger partial charge is 0.305 e. The van der Waals surface area contributed by atoms with E-state index in [2.05, 4.69) is 21.1 Å². The van der Waals surface area contributed by atoms with Crippen molar-refractivity contribution in [3.63, 3.8) is 0 Å². The van der Waals surface area contributed by atoms with E-state index in [9.17, 15) is 9.59 Å². The summed E-state index contributed by atoms with van der Waals surface area (Å²) < 4.78 is 10.6. The third-order valence-corrected chi connectivity index (χ3v) is 3.85. The van der Waals surface area contributed by atoms with Crippen molar-refractivity contribution in [2.24, 2.45) is 21.7 Å². The van der Waals surface area contributed by atoms with Gasteiger partial charge in [-0.05, 0) is 31.9 Å². The number of hydrazine groups is 1. The molecule has 0 saturated carbocycles. The van der Waals surface area contributed by atoms with Crippen LogP contribution in [0, 0.1) is 6.92 Å². The normalized spacial score (nSPS) is 14.6. The van der Waals surface area contributed by atoms with Crippen LogP contribution in [0.2, 0.25) is 0 Å². The van der Waals surface area contributed by atoms with E-state index >= 15 is 0 Å². The minimum absolute atomic E-state index is 0.0763. The third-order valence-electron chi connectivity index (χ3n) is 3.85. The molecule has 136 valence electrons. The molecule has 0 unspecified atom stereocenters. The summed E-state index contributed by atoms with van der Waals surface area (Å²) in [7, 11) is 0. The van der Waals surface area contributed by atoms with Gasteiger partial charge < -0.3 is 20.3 Å². The summed E-state index contributed by atoms with van der Waals surface area (Å²) in [4.78, 5) is 24.2. The van der Waals surface area contributed by atoms with Crippen molar-refractivity contribution in [2.75, 3.05) is 0 Å². The molecule has 10 nitrogen and oxygen atoms in total. The summed E-state index contributed by atoms with van der Waals surface area (Å²) >= 11 is 0. The molecule has 0 spiro atoms. The van der Waals surface area contributed by atoms with E-state index in [1.807, 2.05) is 0 Å². The van der Waals surface area contributed by atoms with Gasteiger partial charge in [-0.15, -0.1) is 5.10 Å². The van der Waals surface area contributed by atoms with Crippen LogP contribution < -0.4 is 22.3 Å². The van der Waals surface area contributed by atoms with Crippen LogP contribution in [0.4, 0.5) is 0 Å². The number of guanidine groups is 1. The van der Waals surface area contributed by atoms with E-state index in [4.69, 9.17) is 20.3 Å². The Hall–Kier alpha value is -3.56. The van der Waals surface area contributed by atoms with Gasteiger partial charge in [0, 0.05) is 17.5 Å². The molecule has 6 N–H and O–H groups in total. The summed E-state index contributed by atoms with van der Waals surface area (Å²) in [6, 6.07) is 3.05. The highest BCUT2D eigenvalue weighted by Crippen LogP contribution is 2.30. The lowest BCUT2D eigenvalue weighted by Gasteiger charge is -2.11. The van der Waals surface area contributed by atoms with Crippen LogP contribution in [0.1, 0.15) is 50.8 Å². The maximum absolute atomic E-state index is 12.4. The third kappa shape index (κ3) is 3.43. The van der Waals surface area contributed by atoms with E-state index in [0.717, 1.165) is 12.0 Å². The van der Waals surface area contributed by atoms with Crippen LogP contribution >= 0.6 is 0 Å². The average Bonchev–Trinajstić information content (AvgIpc) is 3.26. The second kappa shape index (κ2) is 7.13. The first-order valence-corrected chi connectivity index (χ1v) is 7.89. The topological polar surface area (TPSA) is 161 Å². The largest absolute Gasteiger partial charge is 0.459 e. The SMILES string of the molecule is Cc1c(C(=O)NNC(=O)c2ccco2)oc2c1/C(=N/N=C(N)N)CCC2. The fourth-order valence-electron chi connectivity index (χ4n) is 2.74. The quantitative estimate of drug-likeness (QED) is 0.356. The molecule has 0 bridgehead atoms. The van der Waals surface area contributed by atoms with E-state index in [-0.39, 0.29) is 17.5 Å².